The number of carbonyl (C=O) groups is 2. The van der Waals surface area contributed by atoms with E-state index in [1.54, 1.807) is 25.1 Å². The number of anilines is 1. The molecule has 1 aliphatic heterocycles. The summed E-state index contributed by atoms with van der Waals surface area (Å²) in [4.78, 5) is 27.9. The summed E-state index contributed by atoms with van der Waals surface area (Å²) in [7, 11) is 5.40. The second-order valence-electron chi connectivity index (χ2n) is 6.72. The van der Waals surface area contributed by atoms with Crippen molar-refractivity contribution in [3.63, 3.8) is 0 Å². The number of fused-ring (bicyclic) bond motifs is 1. The van der Waals surface area contributed by atoms with Gasteiger partial charge in [0.15, 0.2) is 0 Å². The van der Waals surface area contributed by atoms with Crippen LogP contribution in [0.3, 0.4) is 0 Å². The zero-order valence-electron chi connectivity index (χ0n) is 15.7. The average Bonchev–Trinajstić information content (AvgIpc) is 2.60. The van der Waals surface area contributed by atoms with Gasteiger partial charge >= 0.3 is 0 Å². The standard InChI is InChI=1S/C19H29N3O3/c1-5-6-7-10-20-18(23)12-15-13-25-17-9-8-14(19(24)21(2)3)11-16(17)22(15)4/h8-9,11,15H,5-7,10,12-13H2,1-4H3,(H,20,23)/t15-/m0/s1. The summed E-state index contributed by atoms with van der Waals surface area (Å²) < 4.78 is 5.80. The number of likely N-dealkylation sites (N-methyl/N-ethyl adjacent to an activating group) is 1. The van der Waals surface area contributed by atoms with E-state index in [0.717, 1.165) is 37.2 Å². The lowest BCUT2D eigenvalue weighted by atomic mass is 10.1. The third kappa shape index (κ3) is 4.87. The van der Waals surface area contributed by atoms with Crippen molar-refractivity contribution < 1.29 is 14.3 Å². The summed E-state index contributed by atoms with van der Waals surface area (Å²) >= 11 is 0. The number of hydrogen-bond acceptors (Lipinski definition) is 4. The van der Waals surface area contributed by atoms with Crippen LogP contribution in [0.1, 0.15) is 43.0 Å². The molecule has 0 fully saturated rings. The zero-order chi connectivity index (χ0) is 18.4. The number of nitrogens with one attached hydrogen (secondary N) is 1. The lowest BCUT2D eigenvalue weighted by Gasteiger charge is -2.35. The minimum Gasteiger partial charge on any atom is -0.489 e. The lowest BCUT2D eigenvalue weighted by molar-refractivity contribution is -0.121. The molecule has 1 atom stereocenters. The van der Waals surface area contributed by atoms with Gasteiger partial charge in [0.2, 0.25) is 5.91 Å². The van der Waals surface area contributed by atoms with E-state index in [4.69, 9.17) is 4.74 Å². The third-order valence-electron chi connectivity index (χ3n) is 4.49. The van der Waals surface area contributed by atoms with Crippen LogP contribution < -0.4 is 15.0 Å². The highest BCUT2D eigenvalue weighted by molar-refractivity contribution is 5.95. The molecule has 0 aliphatic carbocycles. The maximum absolute atomic E-state index is 12.2. The number of rotatable bonds is 7. The molecule has 2 amide bonds. The molecule has 1 aromatic carbocycles. The number of amides is 2. The fraction of sp³-hybridized carbons (Fsp3) is 0.579. The molecule has 0 aromatic heterocycles. The topological polar surface area (TPSA) is 61.9 Å². The van der Waals surface area contributed by atoms with Crippen molar-refractivity contribution in [3.05, 3.63) is 23.8 Å². The molecular formula is C19H29N3O3. The van der Waals surface area contributed by atoms with Gasteiger partial charge in [0.25, 0.3) is 5.91 Å². The van der Waals surface area contributed by atoms with Crippen LogP contribution in [0.15, 0.2) is 18.2 Å². The number of unbranched alkanes of at least 4 members (excludes halogenated alkanes) is 2. The van der Waals surface area contributed by atoms with Gasteiger partial charge in [0, 0.05) is 33.3 Å². The molecule has 0 saturated carbocycles. The fourth-order valence-corrected chi connectivity index (χ4v) is 2.89. The van der Waals surface area contributed by atoms with E-state index in [1.807, 2.05) is 24.1 Å². The summed E-state index contributed by atoms with van der Waals surface area (Å²) in [6.07, 6.45) is 3.66. The van der Waals surface area contributed by atoms with Crippen LogP contribution in [-0.4, -0.2) is 57.1 Å². The van der Waals surface area contributed by atoms with Crippen molar-refractivity contribution in [2.45, 2.75) is 38.6 Å². The molecule has 25 heavy (non-hydrogen) atoms. The first-order valence-electron chi connectivity index (χ1n) is 8.92. The maximum Gasteiger partial charge on any atom is 0.253 e. The molecule has 1 N–H and O–H groups in total. The van der Waals surface area contributed by atoms with Crippen LogP contribution in [0.4, 0.5) is 5.69 Å². The highest BCUT2D eigenvalue weighted by Crippen LogP contribution is 2.34. The van der Waals surface area contributed by atoms with Gasteiger partial charge in [-0.05, 0) is 24.6 Å². The SMILES string of the molecule is CCCCCNC(=O)C[C@H]1COc2ccc(C(=O)N(C)C)cc2N1C. The van der Waals surface area contributed by atoms with Crippen LogP contribution in [-0.2, 0) is 4.79 Å². The van der Waals surface area contributed by atoms with Crippen molar-refractivity contribution in [1.29, 1.82) is 0 Å². The molecule has 1 aromatic rings. The highest BCUT2D eigenvalue weighted by atomic mass is 16.5. The van der Waals surface area contributed by atoms with Crippen LogP contribution in [0, 0.1) is 0 Å². The van der Waals surface area contributed by atoms with Crippen molar-refractivity contribution in [1.82, 2.24) is 10.2 Å². The fourth-order valence-electron chi connectivity index (χ4n) is 2.89. The highest BCUT2D eigenvalue weighted by Gasteiger charge is 2.27. The Kier molecular flexibility index (Phi) is 6.67. The summed E-state index contributed by atoms with van der Waals surface area (Å²) in [5.74, 6) is 0.741. The van der Waals surface area contributed by atoms with Gasteiger partial charge in [0.1, 0.15) is 12.4 Å². The van der Waals surface area contributed by atoms with E-state index < -0.39 is 0 Å². The molecule has 6 heteroatoms. The molecule has 0 bridgehead atoms. The Bertz CT molecular complexity index is 616. The van der Waals surface area contributed by atoms with Gasteiger partial charge in [-0.15, -0.1) is 0 Å². The smallest absolute Gasteiger partial charge is 0.253 e. The van der Waals surface area contributed by atoms with Crippen molar-refractivity contribution in [3.8, 4) is 5.75 Å². The Morgan fingerprint density at radius 2 is 2.08 bits per heavy atom. The molecule has 0 saturated heterocycles. The Hall–Kier alpha value is -2.24. The second-order valence-corrected chi connectivity index (χ2v) is 6.72. The first-order chi connectivity index (χ1) is 11.9. The number of ether oxygens (including phenoxy) is 1. The number of nitrogens with zero attached hydrogens (tertiary/aromatic N) is 2. The van der Waals surface area contributed by atoms with E-state index in [2.05, 4.69) is 12.2 Å². The maximum atomic E-state index is 12.2. The van der Waals surface area contributed by atoms with Crippen molar-refractivity contribution in [2.24, 2.45) is 0 Å². The molecule has 2 rings (SSSR count). The van der Waals surface area contributed by atoms with Gasteiger partial charge in [-0.3, -0.25) is 9.59 Å². The summed E-state index contributed by atoms with van der Waals surface area (Å²) in [6, 6.07) is 5.39. The largest absolute Gasteiger partial charge is 0.489 e. The third-order valence-corrected chi connectivity index (χ3v) is 4.49. The predicted octanol–water partition coefficient (Wildman–Crippen LogP) is 2.28. The van der Waals surface area contributed by atoms with E-state index >= 15 is 0 Å². The first-order valence-corrected chi connectivity index (χ1v) is 8.92. The number of benzene rings is 1. The zero-order valence-corrected chi connectivity index (χ0v) is 15.7. The molecule has 0 unspecified atom stereocenters. The van der Waals surface area contributed by atoms with Gasteiger partial charge in [-0.2, -0.15) is 0 Å². The molecule has 1 heterocycles. The molecule has 0 radical (unpaired) electrons. The summed E-state index contributed by atoms with van der Waals surface area (Å²) in [5.41, 5.74) is 1.46. The number of hydrogen-bond donors (Lipinski definition) is 1. The lowest BCUT2D eigenvalue weighted by Crippen LogP contribution is -2.44. The quantitative estimate of drug-likeness (QED) is 0.769. The molecular weight excluding hydrogens is 318 g/mol. The Morgan fingerprint density at radius 3 is 2.76 bits per heavy atom. The van der Waals surface area contributed by atoms with E-state index in [9.17, 15) is 9.59 Å². The monoisotopic (exact) mass is 347 g/mol. The van der Waals surface area contributed by atoms with E-state index in [0.29, 0.717) is 18.6 Å². The average molecular weight is 347 g/mol. The Labute approximate surface area is 150 Å². The predicted molar refractivity (Wildman–Crippen MR) is 99.3 cm³/mol. The van der Waals surface area contributed by atoms with Gasteiger partial charge in [-0.25, -0.2) is 0 Å². The number of carbonyl (C=O) groups excluding carboxylic acids is 2. The van der Waals surface area contributed by atoms with Crippen LogP contribution in [0.25, 0.3) is 0 Å². The van der Waals surface area contributed by atoms with Gasteiger partial charge in [-0.1, -0.05) is 19.8 Å². The minimum absolute atomic E-state index is 0.0385. The normalized spacial score (nSPS) is 16.0. The second kappa shape index (κ2) is 8.74. The Balaban J connectivity index is 2.01. The van der Waals surface area contributed by atoms with Gasteiger partial charge in [0.05, 0.1) is 18.2 Å². The van der Waals surface area contributed by atoms with Crippen molar-refractivity contribution in [2.75, 3.05) is 39.2 Å². The first kappa shape index (κ1) is 19.1. The molecule has 0 spiro atoms. The van der Waals surface area contributed by atoms with Crippen molar-refractivity contribution >= 4 is 17.5 Å². The Morgan fingerprint density at radius 1 is 1.32 bits per heavy atom. The summed E-state index contributed by atoms with van der Waals surface area (Å²) in [5, 5.41) is 2.97. The van der Waals surface area contributed by atoms with E-state index in [1.165, 1.54) is 0 Å². The van der Waals surface area contributed by atoms with Gasteiger partial charge < -0.3 is 19.9 Å². The molecule has 1 aliphatic rings. The molecule has 138 valence electrons. The van der Waals surface area contributed by atoms with Crippen LogP contribution >= 0.6 is 0 Å². The van der Waals surface area contributed by atoms with E-state index in [-0.39, 0.29) is 17.9 Å². The molecule has 6 nitrogen and oxygen atoms in total. The van der Waals surface area contributed by atoms with Crippen LogP contribution in [0.5, 0.6) is 5.75 Å². The minimum atomic E-state index is -0.0491. The van der Waals surface area contributed by atoms with Crippen LogP contribution in [0.2, 0.25) is 0 Å². The summed E-state index contributed by atoms with van der Waals surface area (Å²) in [6.45, 7) is 3.33.